The van der Waals surface area contributed by atoms with Gasteiger partial charge in [-0.25, -0.2) is 0 Å². The number of piperidine rings is 1. The first-order chi connectivity index (χ1) is 9.16. The van der Waals surface area contributed by atoms with Gasteiger partial charge in [0.25, 0.3) is 0 Å². The smallest absolute Gasteiger partial charge is 0.0200 e. The van der Waals surface area contributed by atoms with Crippen molar-refractivity contribution < 1.29 is 0 Å². The lowest BCUT2D eigenvalue weighted by Gasteiger charge is -2.46. The summed E-state index contributed by atoms with van der Waals surface area (Å²) in [6.45, 7) is 11.6. The molecule has 0 aliphatic carbocycles. The molecule has 4 unspecified atom stereocenters. The van der Waals surface area contributed by atoms with E-state index >= 15 is 0 Å². The Labute approximate surface area is 117 Å². The highest BCUT2D eigenvalue weighted by Gasteiger charge is 2.52. The van der Waals surface area contributed by atoms with Crippen LogP contribution in [0.3, 0.4) is 0 Å². The van der Waals surface area contributed by atoms with Gasteiger partial charge in [0, 0.05) is 30.7 Å². The molecular formula is C16H29N3. The second-order valence-corrected chi connectivity index (χ2v) is 7.84. The highest BCUT2D eigenvalue weighted by Crippen LogP contribution is 2.44. The molecule has 0 aromatic carbocycles. The average molecular weight is 263 g/mol. The normalized spacial score (nSPS) is 46.4. The Hall–Kier alpha value is -0.120. The summed E-state index contributed by atoms with van der Waals surface area (Å²) in [5, 5.41) is 3.61. The van der Waals surface area contributed by atoms with Gasteiger partial charge in [-0.2, -0.15) is 0 Å². The van der Waals surface area contributed by atoms with Crippen LogP contribution < -0.4 is 5.32 Å². The van der Waals surface area contributed by atoms with Crippen molar-refractivity contribution in [3.63, 3.8) is 0 Å². The van der Waals surface area contributed by atoms with Gasteiger partial charge in [-0.1, -0.05) is 0 Å². The molecule has 0 aromatic heterocycles. The summed E-state index contributed by atoms with van der Waals surface area (Å²) in [7, 11) is 0. The summed E-state index contributed by atoms with van der Waals surface area (Å²) in [5.41, 5.74) is 0.416. The Morgan fingerprint density at radius 2 is 1.95 bits per heavy atom. The van der Waals surface area contributed by atoms with E-state index in [9.17, 15) is 0 Å². The zero-order valence-electron chi connectivity index (χ0n) is 12.6. The van der Waals surface area contributed by atoms with E-state index in [1.807, 2.05) is 0 Å². The Kier molecular flexibility index (Phi) is 2.95. The number of likely N-dealkylation sites (tertiary alicyclic amines) is 1. The van der Waals surface area contributed by atoms with E-state index in [-0.39, 0.29) is 0 Å². The second kappa shape index (κ2) is 4.44. The summed E-state index contributed by atoms with van der Waals surface area (Å²) >= 11 is 0. The van der Waals surface area contributed by atoms with E-state index < -0.39 is 0 Å². The van der Waals surface area contributed by atoms with E-state index in [0.29, 0.717) is 5.54 Å². The molecule has 0 bridgehead atoms. The van der Waals surface area contributed by atoms with Crippen LogP contribution in [-0.4, -0.2) is 60.1 Å². The standard InChI is InChI=1S/C16H29N3/c1-16(2)15-10-17-9-12(15)11-19(16)14-5-7-18-6-3-4-13(18)8-14/h12-15,17H,3-11H2,1-2H3. The first kappa shape index (κ1) is 12.6. The molecule has 4 fully saturated rings. The molecule has 3 nitrogen and oxygen atoms in total. The minimum Gasteiger partial charge on any atom is -0.316 e. The van der Waals surface area contributed by atoms with Gasteiger partial charge >= 0.3 is 0 Å². The topological polar surface area (TPSA) is 18.5 Å². The molecule has 4 heterocycles. The number of nitrogens with one attached hydrogen (secondary N) is 1. The fourth-order valence-corrected chi connectivity index (χ4v) is 5.56. The zero-order chi connectivity index (χ0) is 13.0. The van der Waals surface area contributed by atoms with Gasteiger partial charge in [0.1, 0.15) is 0 Å². The fourth-order valence-electron chi connectivity index (χ4n) is 5.56. The minimum atomic E-state index is 0.416. The highest BCUT2D eigenvalue weighted by atomic mass is 15.3. The van der Waals surface area contributed by atoms with Crippen molar-refractivity contribution in [3.05, 3.63) is 0 Å². The Morgan fingerprint density at radius 3 is 2.79 bits per heavy atom. The molecule has 19 heavy (non-hydrogen) atoms. The van der Waals surface area contributed by atoms with Crippen molar-refractivity contribution in [2.24, 2.45) is 11.8 Å². The third-order valence-corrected chi connectivity index (χ3v) is 6.65. The van der Waals surface area contributed by atoms with Gasteiger partial charge in [-0.3, -0.25) is 4.90 Å². The first-order valence-corrected chi connectivity index (χ1v) is 8.38. The van der Waals surface area contributed by atoms with Gasteiger partial charge in [0.15, 0.2) is 0 Å². The average Bonchev–Trinajstić information content (AvgIpc) is 3.06. The van der Waals surface area contributed by atoms with Crippen LogP contribution in [0.2, 0.25) is 0 Å². The molecule has 0 spiro atoms. The summed E-state index contributed by atoms with van der Waals surface area (Å²) < 4.78 is 0. The predicted octanol–water partition coefficient (Wildman–Crippen LogP) is 1.54. The quantitative estimate of drug-likeness (QED) is 0.774. The van der Waals surface area contributed by atoms with Crippen LogP contribution >= 0.6 is 0 Å². The lowest BCUT2D eigenvalue weighted by atomic mass is 9.83. The predicted molar refractivity (Wildman–Crippen MR) is 78.3 cm³/mol. The van der Waals surface area contributed by atoms with Gasteiger partial charge in [0.2, 0.25) is 0 Å². The van der Waals surface area contributed by atoms with E-state index in [1.54, 1.807) is 0 Å². The maximum absolute atomic E-state index is 3.61. The summed E-state index contributed by atoms with van der Waals surface area (Å²) in [6.07, 6.45) is 5.75. The van der Waals surface area contributed by atoms with E-state index in [1.165, 1.54) is 58.4 Å². The first-order valence-electron chi connectivity index (χ1n) is 8.38. The third kappa shape index (κ3) is 1.89. The van der Waals surface area contributed by atoms with Gasteiger partial charge in [-0.05, 0) is 71.0 Å². The number of nitrogens with zero attached hydrogens (tertiary/aromatic N) is 2. The van der Waals surface area contributed by atoms with Crippen LogP contribution in [0.15, 0.2) is 0 Å². The molecule has 4 saturated heterocycles. The van der Waals surface area contributed by atoms with E-state index in [4.69, 9.17) is 0 Å². The van der Waals surface area contributed by atoms with Crippen LogP contribution in [0.25, 0.3) is 0 Å². The number of fused-ring (bicyclic) bond motifs is 2. The van der Waals surface area contributed by atoms with Gasteiger partial charge in [0.05, 0.1) is 0 Å². The lowest BCUT2D eigenvalue weighted by Crippen LogP contribution is -2.54. The van der Waals surface area contributed by atoms with E-state index in [0.717, 1.165) is 23.9 Å². The van der Waals surface area contributed by atoms with Crippen LogP contribution in [0, 0.1) is 11.8 Å². The highest BCUT2D eigenvalue weighted by molar-refractivity contribution is 5.07. The largest absolute Gasteiger partial charge is 0.316 e. The van der Waals surface area contributed by atoms with Crippen molar-refractivity contribution in [2.45, 2.75) is 57.2 Å². The van der Waals surface area contributed by atoms with Crippen LogP contribution in [0.1, 0.15) is 39.5 Å². The second-order valence-electron chi connectivity index (χ2n) is 7.84. The Balaban J connectivity index is 1.50. The third-order valence-electron chi connectivity index (χ3n) is 6.65. The molecule has 4 atom stereocenters. The number of hydrogen-bond donors (Lipinski definition) is 1. The molecule has 0 aromatic rings. The fraction of sp³-hybridized carbons (Fsp3) is 1.00. The Morgan fingerprint density at radius 1 is 1.05 bits per heavy atom. The molecule has 108 valence electrons. The molecule has 0 radical (unpaired) electrons. The number of hydrogen-bond acceptors (Lipinski definition) is 3. The lowest BCUT2D eigenvalue weighted by molar-refractivity contribution is 0.0346. The zero-order valence-corrected chi connectivity index (χ0v) is 12.6. The molecule has 3 heteroatoms. The van der Waals surface area contributed by atoms with Crippen LogP contribution in [-0.2, 0) is 0 Å². The monoisotopic (exact) mass is 263 g/mol. The van der Waals surface area contributed by atoms with Crippen molar-refractivity contribution in [2.75, 3.05) is 32.7 Å². The molecule has 4 rings (SSSR count). The maximum Gasteiger partial charge on any atom is 0.0200 e. The maximum atomic E-state index is 3.61. The molecule has 1 N–H and O–H groups in total. The molecular weight excluding hydrogens is 234 g/mol. The molecule has 0 saturated carbocycles. The molecule has 4 aliphatic rings. The Bertz CT molecular complexity index is 354. The van der Waals surface area contributed by atoms with Crippen LogP contribution in [0.5, 0.6) is 0 Å². The van der Waals surface area contributed by atoms with Crippen molar-refractivity contribution in [1.82, 2.24) is 15.1 Å². The molecule has 0 amide bonds. The van der Waals surface area contributed by atoms with Gasteiger partial charge in [-0.15, -0.1) is 0 Å². The summed E-state index contributed by atoms with van der Waals surface area (Å²) in [5.74, 6) is 1.80. The van der Waals surface area contributed by atoms with Crippen molar-refractivity contribution in [1.29, 1.82) is 0 Å². The van der Waals surface area contributed by atoms with Gasteiger partial charge < -0.3 is 10.2 Å². The van der Waals surface area contributed by atoms with Crippen molar-refractivity contribution in [3.8, 4) is 0 Å². The van der Waals surface area contributed by atoms with Crippen LogP contribution in [0.4, 0.5) is 0 Å². The summed E-state index contributed by atoms with van der Waals surface area (Å²) in [6, 6.07) is 1.77. The number of rotatable bonds is 1. The SMILES string of the molecule is CC1(C)C2CNCC2CN1C1CCN2CCCC2C1. The van der Waals surface area contributed by atoms with E-state index in [2.05, 4.69) is 29.0 Å². The minimum absolute atomic E-state index is 0.416. The van der Waals surface area contributed by atoms with Crippen molar-refractivity contribution >= 4 is 0 Å². The summed E-state index contributed by atoms with van der Waals surface area (Å²) in [4.78, 5) is 5.65. The molecule has 4 aliphatic heterocycles.